The van der Waals surface area contributed by atoms with Gasteiger partial charge in [0, 0.05) is 18.1 Å². The zero-order valence-corrected chi connectivity index (χ0v) is 18.0. The lowest BCUT2D eigenvalue weighted by Gasteiger charge is -2.15. The molecule has 0 fully saturated rings. The Labute approximate surface area is 182 Å². The van der Waals surface area contributed by atoms with Gasteiger partial charge in [-0.3, -0.25) is 19.5 Å². The van der Waals surface area contributed by atoms with Crippen LogP contribution in [0, 0.1) is 13.8 Å². The van der Waals surface area contributed by atoms with Gasteiger partial charge in [-0.25, -0.2) is 0 Å². The largest absolute Gasteiger partial charge is 0.350 e. The molecule has 0 bridgehead atoms. The molecule has 0 saturated carbocycles. The number of hydrogen-bond donors (Lipinski definition) is 1. The van der Waals surface area contributed by atoms with E-state index in [0.717, 1.165) is 34.4 Å². The second-order valence-corrected chi connectivity index (χ2v) is 7.80. The summed E-state index contributed by atoms with van der Waals surface area (Å²) >= 11 is 0. The quantitative estimate of drug-likeness (QED) is 0.600. The Morgan fingerprint density at radius 3 is 2.35 bits per heavy atom. The summed E-state index contributed by atoms with van der Waals surface area (Å²) in [4.78, 5) is 32.2. The Bertz CT molecular complexity index is 1170. The molecule has 1 N–H and O–H groups in total. The molecule has 1 aliphatic rings. The molecule has 0 aliphatic carbocycles. The molecule has 0 atom stereocenters. The number of carbonyl (C=O) groups excluding carboxylic acids is 2. The molecule has 0 spiro atoms. The van der Waals surface area contributed by atoms with Crippen molar-refractivity contribution in [3.63, 3.8) is 0 Å². The molecule has 3 aromatic rings. The van der Waals surface area contributed by atoms with Crippen molar-refractivity contribution in [3.8, 4) is 0 Å². The predicted molar refractivity (Wildman–Crippen MR) is 122 cm³/mol. The molecule has 2 heterocycles. The molecule has 5 nitrogen and oxygen atoms in total. The number of aromatic nitrogens is 1. The number of nitrogens with zero attached hydrogens (tertiary/aromatic N) is 2. The van der Waals surface area contributed by atoms with E-state index >= 15 is 0 Å². The molecule has 156 valence electrons. The van der Waals surface area contributed by atoms with Gasteiger partial charge >= 0.3 is 0 Å². The first-order chi connectivity index (χ1) is 15.0. The van der Waals surface area contributed by atoms with E-state index in [0.29, 0.717) is 11.3 Å². The molecule has 0 radical (unpaired) electrons. The molecular weight excluding hydrogens is 386 g/mol. The maximum atomic E-state index is 13.4. The van der Waals surface area contributed by atoms with Crippen molar-refractivity contribution in [2.24, 2.45) is 0 Å². The maximum Gasteiger partial charge on any atom is 0.278 e. The minimum atomic E-state index is -0.330. The Morgan fingerprint density at radius 1 is 0.935 bits per heavy atom. The van der Waals surface area contributed by atoms with E-state index < -0.39 is 0 Å². The van der Waals surface area contributed by atoms with Crippen molar-refractivity contribution in [2.45, 2.75) is 33.7 Å². The fourth-order valence-corrected chi connectivity index (χ4v) is 3.82. The van der Waals surface area contributed by atoms with Crippen LogP contribution in [0.3, 0.4) is 0 Å². The van der Waals surface area contributed by atoms with Crippen LogP contribution in [-0.4, -0.2) is 21.7 Å². The average molecular weight is 412 g/mol. The second kappa shape index (κ2) is 8.56. The lowest BCUT2D eigenvalue weighted by Crippen LogP contribution is -2.32. The van der Waals surface area contributed by atoms with E-state index in [1.165, 1.54) is 10.5 Å². The van der Waals surface area contributed by atoms with Gasteiger partial charge in [-0.15, -0.1) is 0 Å². The molecule has 4 rings (SSSR count). The SMILES string of the molecule is CCc1ccc(NC2=C(c3ccc(C)cc3C)C(=O)N(Cc3cccnc3)C2=O)cc1. The summed E-state index contributed by atoms with van der Waals surface area (Å²) in [6, 6.07) is 17.5. The Morgan fingerprint density at radius 2 is 1.71 bits per heavy atom. The number of carbonyl (C=O) groups is 2. The highest BCUT2D eigenvalue weighted by Gasteiger charge is 2.39. The molecule has 31 heavy (non-hydrogen) atoms. The molecule has 5 heteroatoms. The number of nitrogens with one attached hydrogen (secondary N) is 1. The Hall–Kier alpha value is -3.73. The number of aryl methyl sites for hydroxylation is 3. The van der Waals surface area contributed by atoms with Crippen molar-refractivity contribution in [2.75, 3.05) is 5.32 Å². The summed E-state index contributed by atoms with van der Waals surface area (Å²) in [5.41, 5.74) is 6.34. The zero-order valence-electron chi connectivity index (χ0n) is 18.0. The summed E-state index contributed by atoms with van der Waals surface area (Å²) in [6.07, 6.45) is 4.28. The fraction of sp³-hybridized carbons (Fsp3) is 0.192. The number of benzene rings is 2. The highest BCUT2D eigenvalue weighted by Crippen LogP contribution is 2.33. The van der Waals surface area contributed by atoms with Gasteiger partial charge in [0.2, 0.25) is 0 Å². The lowest BCUT2D eigenvalue weighted by molar-refractivity contribution is -0.137. The molecule has 2 amide bonds. The van der Waals surface area contributed by atoms with Crippen molar-refractivity contribution in [1.29, 1.82) is 0 Å². The van der Waals surface area contributed by atoms with Gasteiger partial charge in [0.25, 0.3) is 11.8 Å². The third-order valence-corrected chi connectivity index (χ3v) is 5.51. The van der Waals surface area contributed by atoms with Crippen LogP contribution < -0.4 is 5.32 Å². The predicted octanol–water partition coefficient (Wildman–Crippen LogP) is 4.65. The standard InChI is InChI=1S/C26H25N3O2/c1-4-19-8-10-21(11-9-19)28-24-23(22-12-7-17(2)14-18(22)3)25(30)29(26(24)31)16-20-6-5-13-27-15-20/h5-15,28H,4,16H2,1-3H3. The first-order valence-electron chi connectivity index (χ1n) is 10.4. The molecule has 0 unspecified atom stereocenters. The molecular formula is C26H25N3O2. The molecule has 0 saturated heterocycles. The maximum absolute atomic E-state index is 13.4. The minimum Gasteiger partial charge on any atom is -0.350 e. The van der Waals surface area contributed by atoms with Gasteiger partial charge in [-0.05, 0) is 60.7 Å². The summed E-state index contributed by atoms with van der Waals surface area (Å²) in [5.74, 6) is -0.628. The highest BCUT2D eigenvalue weighted by molar-refractivity contribution is 6.36. The van der Waals surface area contributed by atoms with Gasteiger partial charge < -0.3 is 5.32 Å². The van der Waals surface area contributed by atoms with Gasteiger partial charge in [-0.2, -0.15) is 0 Å². The normalized spacial score (nSPS) is 13.8. The van der Waals surface area contributed by atoms with Crippen LogP contribution in [0.1, 0.15) is 34.7 Å². The van der Waals surface area contributed by atoms with Crippen LogP contribution in [-0.2, 0) is 22.6 Å². The number of imide groups is 1. The van der Waals surface area contributed by atoms with Crippen molar-refractivity contribution < 1.29 is 9.59 Å². The van der Waals surface area contributed by atoms with Crippen molar-refractivity contribution in [3.05, 3.63) is 101 Å². The lowest BCUT2D eigenvalue weighted by atomic mass is 9.97. The van der Waals surface area contributed by atoms with Crippen LogP contribution in [0.2, 0.25) is 0 Å². The second-order valence-electron chi connectivity index (χ2n) is 7.80. The smallest absolute Gasteiger partial charge is 0.278 e. The van der Waals surface area contributed by atoms with E-state index in [1.54, 1.807) is 18.5 Å². The van der Waals surface area contributed by atoms with Crippen LogP contribution in [0.15, 0.2) is 72.7 Å². The zero-order chi connectivity index (χ0) is 22.0. The molecule has 2 aromatic carbocycles. The minimum absolute atomic E-state index is 0.180. The van der Waals surface area contributed by atoms with Gasteiger partial charge in [-0.1, -0.05) is 48.9 Å². The van der Waals surface area contributed by atoms with Crippen LogP contribution >= 0.6 is 0 Å². The van der Waals surface area contributed by atoms with E-state index in [9.17, 15) is 9.59 Å². The molecule has 1 aromatic heterocycles. The van der Waals surface area contributed by atoms with Crippen LogP contribution in [0.5, 0.6) is 0 Å². The number of amides is 2. The van der Waals surface area contributed by atoms with Crippen molar-refractivity contribution in [1.82, 2.24) is 9.88 Å². The van der Waals surface area contributed by atoms with Crippen LogP contribution in [0.25, 0.3) is 5.57 Å². The number of rotatable bonds is 6. The third-order valence-electron chi connectivity index (χ3n) is 5.51. The monoisotopic (exact) mass is 411 g/mol. The fourth-order valence-electron chi connectivity index (χ4n) is 3.82. The van der Waals surface area contributed by atoms with Gasteiger partial charge in [0.05, 0.1) is 12.1 Å². The van der Waals surface area contributed by atoms with Crippen LogP contribution in [0.4, 0.5) is 5.69 Å². The third kappa shape index (κ3) is 4.12. The van der Waals surface area contributed by atoms with E-state index in [2.05, 4.69) is 17.2 Å². The molecule has 1 aliphatic heterocycles. The van der Waals surface area contributed by atoms with Crippen molar-refractivity contribution >= 4 is 23.1 Å². The summed E-state index contributed by atoms with van der Waals surface area (Å²) in [5, 5.41) is 3.23. The Balaban J connectivity index is 1.76. The first-order valence-corrected chi connectivity index (χ1v) is 10.4. The first kappa shape index (κ1) is 20.5. The van der Waals surface area contributed by atoms with Gasteiger partial charge in [0.15, 0.2) is 0 Å². The highest BCUT2D eigenvalue weighted by atomic mass is 16.2. The van der Waals surface area contributed by atoms with Gasteiger partial charge in [0.1, 0.15) is 5.70 Å². The van der Waals surface area contributed by atoms with E-state index in [4.69, 9.17) is 0 Å². The number of pyridine rings is 1. The summed E-state index contributed by atoms with van der Waals surface area (Å²) < 4.78 is 0. The number of hydrogen-bond acceptors (Lipinski definition) is 4. The van der Waals surface area contributed by atoms with E-state index in [-0.39, 0.29) is 18.4 Å². The van der Waals surface area contributed by atoms with E-state index in [1.807, 2.05) is 62.4 Å². The average Bonchev–Trinajstić information content (AvgIpc) is 2.99. The topological polar surface area (TPSA) is 62.3 Å². The Kier molecular flexibility index (Phi) is 5.67. The number of anilines is 1. The summed E-state index contributed by atoms with van der Waals surface area (Å²) in [7, 11) is 0. The summed E-state index contributed by atoms with van der Waals surface area (Å²) in [6.45, 7) is 6.25.